The van der Waals surface area contributed by atoms with Gasteiger partial charge in [-0.05, 0) is 25.0 Å². The van der Waals surface area contributed by atoms with Crippen molar-refractivity contribution in [1.82, 2.24) is 9.55 Å². The Morgan fingerprint density at radius 1 is 1.15 bits per heavy atom. The van der Waals surface area contributed by atoms with E-state index in [-0.39, 0.29) is 30.4 Å². The minimum absolute atomic E-state index is 0.0683. The van der Waals surface area contributed by atoms with E-state index in [1.165, 1.54) is 9.47 Å². The van der Waals surface area contributed by atoms with Gasteiger partial charge in [-0.25, -0.2) is 4.79 Å². The van der Waals surface area contributed by atoms with Crippen LogP contribution in [0.25, 0.3) is 11.0 Å². The van der Waals surface area contributed by atoms with Gasteiger partial charge in [0.05, 0.1) is 11.6 Å². The first-order valence-corrected chi connectivity index (χ1v) is 11.4. The maximum absolute atomic E-state index is 13.7. The number of hydrogen-bond acceptors (Lipinski definition) is 5. The number of fused-ring (bicyclic) bond motifs is 1. The number of unbranched alkanes of at least 4 members (excludes halogenated alkanes) is 1. The highest BCUT2D eigenvalue weighted by atomic mass is 35.5. The van der Waals surface area contributed by atoms with Gasteiger partial charge in [0.25, 0.3) is 11.5 Å². The number of anilines is 2. The van der Waals surface area contributed by atoms with Crippen LogP contribution in [0.4, 0.5) is 11.5 Å². The van der Waals surface area contributed by atoms with E-state index in [0.717, 1.165) is 12.0 Å². The molecule has 2 heterocycles. The Balaban J connectivity index is 1.85. The van der Waals surface area contributed by atoms with Gasteiger partial charge < -0.3 is 10.2 Å². The fourth-order valence-electron chi connectivity index (χ4n) is 3.93. The Labute approximate surface area is 200 Å². The molecule has 2 aromatic carbocycles. The van der Waals surface area contributed by atoms with E-state index in [0.29, 0.717) is 28.0 Å². The molecule has 1 amide bonds. The molecule has 0 aliphatic rings. The van der Waals surface area contributed by atoms with E-state index in [2.05, 4.69) is 4.98 Å². The van der Waals surface area contributed by atoms with Crippen LogP contribution in [-0.2, 0) is 6.54 Å². The number of amides is 1. The number of halogens is 1. The molecule has 2 aromatic heterocycles. The van der Waals surface area contributed by atoms with Crippen molar-refractivity contribution in [3.8, 4) is 0 Å². The molecule has 0 unspecified atom stereocenters. The summed E-state index contributed by atoms with van der Waals surface area (Å²) in [5.74, 6) is -0.548. The van der Waals surface area contributed by atoms with Crippen LogP contribution < -0.4 is 21.9 Å². The quantitative estimate of drug-likeness (QED) is 0.408. The molecule has 3 N–H and O–H groups in total. The maximum atomic E-state index is 13.7. The first-order chi connectivity index (χ1) is 16.3. The molecule has 176 valence electrons. The van der Waals surface area contributed by atoms with Crippen molar-refractivity contribution in [3.05, 3.63) is 91.3 Å². The van der Waals surface area contributed by atoms with E-state index >= 15 is 0 Å². The van der Waals surface area contributed by atoms with E-state index in [1.807, 2.05) is 43.3 Å². The third kappa shape index (κ3) is 4.24. The van der Waals surface area contributed by atoms with Gasteiger partial charge in [-0.3, -0.25) is 24.0 Å². The lowest BCUT2D eigenvalue weighted by molar-refractivity contribution is 0.0961. The molecule has 0 saturated heterocycles. The molecular formula is C25H25ClN4O4. The Morgan fingerprint density at radius 3 is 2.56 bits per heavy atom. The second-order valence-corrected chi connectivity index (χ2v) is 8.46. The summed E-state index contributed by atoms with van der Waals surface area (Å²) in [6, 6.07) is 14.5. The number of carbonyl (C=O) groups excluding carboxylic acids is 1. The van der Waals surface area contributed by atoms with Crippen molar-refractivity contribution >= 4 is 40.0 Å². The van der Waals surface area contributed by atoms with Crippen LogP contribution in [0.15, 0.2) is 62.5 Å². The number of aryl methyl sites for hydroxylation is 1. The van der Waals surface area contributed by atoms with Crippen molar-refractivity contribution in [2.75, 3.05) is 17.2 Å². The second-order valence-electron chi connectivity index (χ2n) is 8.05. The van der Waals surface area contributed by atoms with Crippen molar-refractivity contribution < 1.29 is 9.21 Å². The molecule has 8 nitrogen and oxygen atoms in total. The minimum atomic E-state index is -0.733. The average Bonchev–Trinajstić information content (AvgIpc) is 3.17. The highest BCUT2D eigenvalue weighted by Gasteiger charge is 2.29. The second kappa shape index (κ2) is 9.61. The van der Waals surface area contributed by atoms with Crippen LogP contribution in [-0.4, -0.2) is 22.0 Å². The molecule has 0 radical (unpaired) electrons. The van der Waals surface area contributed by atoms with E-state index in [1.54, 1.807) is 19.1 Å². The third-order valence-electron chi connectivity index (χ3n) is 5.76. The molecule has 0 bridgehead atoms. The summed E-state index contributed by atoms with van der Waals surface area (Å²) in [5, 5.41) is 1.09. The topological polar surface area (TPSA) is 114 Å². The number of aromatic nitrogens is 2. The number of carbonyl (C=O) groups is 1. The van der Waals surface area contributed by atoms with Crippen LogP contribution in [0.2, 0.25) is 5.02 Å². The average molecular weight is 481 g/mol. The predicted molar refractivity (Wildman–Crippen MR) is 134 cm³/mol. The van der Waals surface area contributed by atoms with E-state index in [4.69, 9.17) is 21.8 Å². The summed E-state index contributed by atoms with van der Waals surface area (Å²) in [7, 11) is 0. The molecule has 4 rings (SSSR count). The van der Waals surface area contributed by atoms with Gasteiger partial charge in [-0.2, -0.15) is 0 Å². The molecule has 4 aromatic rings. The standard InChI is InChI=1S/C25H25ClN4O4/c1-3-4-13-29(24(32)20-15(2)17-11-8-12-18(26)21(17)34-20)19-22(27)30(25(33)28-23(19)31)14-16-9-6-5-7-10-16/h5-12H,3-4,13-14,27H2,1-2H3,(H,28,31,33). The van der Waals surface area contributed by atoms with Crippen molar-refractivity contribution in [2.45, 2.75) is 33.2 Å². The number of nitrogens with zero attached hydrogens (tertiary/aromatic N) is 2. The first kappa shape index (κ1) is 23.4. The number of para-hydroxylation sites is 1. The highest BCUT2D eigenvalue weighted by Crippen LogP contribution is 2.32. The van der Waals surface area contributed by atoms with Gasteiger partial charge in [0.15, 0.2) is 17.0 Å². The van der Waals surface area contributed by atoms with Crippen LogP contribution in [0.5, 0.6) is 0 Å². The molecule has 0 fully saturated rings. The fourth-order valence-corrected chi connectivity index (χ4v) is 4.14. The molecule has 0 spiro atoms. The van der Waals surface area contributed by atoms with Gasteiger partial charge in [0.1, 0.15) is 5.82 Å². The number of rotatable bonds is 7. The summed E-state index contributed by atoms with van der Waals surface area (Å²) >= 11 is 6.26. The van der Waals surface area contributed by atoms with Gasteiger partial charge in [-0.1, -0.05) is 67.4 Å². The first-order valence-electron chi connectivity index (χ1n) is 11.0. The molecule has 0 aliphatic carbocycles. The van der Waals surface area contributed by atoms with Crippen LogP contribution in [0.3, 0.4) is 0 Å². The number of H-pyrrole nitrogens is 1. The SMILES string of the molecule is CCCCN(C(=O)c1oc2c(Cl)cccc2c1C)c1c(N)n(Cc2ccccc2)c(=O)[nH]c1=O. The largest absolute Gasteiger partial charge is 0.449 e. The van der Waals surface area contributed by atoms with Crippen LogP contribution >= 0.6 is 11.6 Å². The summed E-state index contributed by atoms with van der Waals surface area (Å²) in [6.07, 6.45) is 1.39. The number of hydrogen-bond donors (Lipinski definition) is 2. The molecule has 9 heteroatoms. The number of nitrogens with two attached hydrogens (primary N) is 1. The fraction of sp³-hybridized carbons (Fsp3) is 0.240. The normalized spacial score (nSPS) is 11.1. The monoisotopic (exact) mass is 480 g/mol. The van der Waals surface area contributed by atoms with E-state index < -0.39 is 17.2 Å². The molecule has 34 heavy (non-hydrogen) atoms. The van der Waals surface area contributed by atoms with Crippen molar-refractivity contribution in [1.29, 1.82) is 0 Å². The van der Waals surface area contributed by atoms with Gasteiger partial charge >= 0.3 is 5.69 Å². The number of furan rings is 1. The van der Waals surface area contributed by atoms with Gasteiger partial charge in [0.2, 0.25) is 0 Å². The summed E-state index contributed by atoms with van der Waals surface area (Å²) < 4.78 is 7.11. The number of nitrogen functional groups attached to an aromatic ring is 1. The van der Waals surface area contributed by atoms with Crippen molar-refractivity contribution in [3.63, 3.8) is 0 Å². The molecule has 0 saturated carbocycles. The van der Waals surface area contributed by atoms with Crippen LogP contribution in [0, 0.1) is 6.92 Å². The summed E-state index contributed by atoms with van der Waals surface area (Å²) in [4.78, 5) is 42.8. The molecule has 0 aliphatic heterocycles. The Hall–Kier alpha value is -3.78. The minimum Gasteiger partial charge on any atom is -0.449 e. The highest BCUT2D eigenvalue weighted by molar-refractivity contribution is 6.35. The Morgan fingerprint density at radius 2 is 1.88 bits per heavy atom. The zero-order valence-electron chi connectivity index (χ0n) is 18.9. The predicted octanol–water partition coefficient (Wildman–Crippen LogP) is 4.32. The van der Waals surface area contributed by atoms with Gasteiger partial charge in [-0.15, -0.1) is 0 Å². The Kier molecular flexibility index (Phi) is 6.61. The maximum Gasteiger partial charge on any atom is 0.330 e. The van der Waals surface area contributed by atoms with Crippen LogP contribution in [0.1, 0.15) is 41.4 Å². The van der Waals surface area contributed by atoms with Crippen molar-refractivity contribution in [2.24, 2.45) is 0 Å². The smallest absolute Gasteiger partial charge is 0.330 e. The Bertz CT molecular complexity index is 1470. The van der Waals surface area contributed by atoms with Gasteiger partial charge in [0, 0.05) is 17.5 Å². The lowest BCUT2D eigenvalue weighted by Crippen LogP contribution is -2.41. The lowest BCUT2D eigenvalue weighted by Gasteiger charge is -2.24. The molecule has 0 atom stereocenters. The van der Waals surface area contributed by atoms with E-state index in [9.17, 15) is 14.4 Å². The summed E-state index contributed by atoms with van der Waals surface area (Å²) in [6.45, 7) is 4.09. The molecular weight excluding hydrogens is 456 g/mol. The number of nitrogens with one attached hydrogen (secondary N) is 1. The number of aromatic amines is 1. The zero-order valence-corrected chi connectivity index (χ0v) is 19.7. The lowest BCUT2D eigenvalue weighted by atomic mass is 10.1. The zero-order chi connectivity index (χ0) is 24.4. The summed E-state index contributed by atoms with van der Waals surface area (Å²) in [5.41, 5.74) is 6.72. The number of benzene rings is 2. The third-order valence-corrected chi connectivity index (χ3v) is 6.06.